The van der Waals surface area contributed by atoms with Crippen LogP contribution in [0.1, 0.15) is 27.7 Å². The topological polar surface area (TPSA) is 76.4 Å². The zero-order valence-corrected chi connectivity index (χ0v) is 21.7. The molecule has 4 aromatic rings. The summed E-state index contributed by atoms with van der Waals surface area (Å²) in [4.78, 5) is 25.7. The third-order valence-electron chi connectivity index (χ3n) is 6.19. The number of fused-ring (bicyclic) bond motifs is 2. The van der Waals surface area contributed by atoms with Gasteiger partial charge in [-0.1, -0.05) is 11.6 Å². The SMILES string of the molecule is CC1CN(c2cnc3nc(-c4cc(F)c5nn(C)cc5c4)cc(Cl)c3c2)CCN1C(=O)OC(C)(C)C. The van der Waals surface area contributed by atoms with Crippen LogP contribution in [-0.4, -0.2) is 62.0 Å². The Hall–Kier alpha value is -3.46. The second-order valence-electron chi connectivity index (χ2n) is 10.2. The summed E-state index contributed by atoms with van der Waals surface area (Å²) in [6.45, 7) is 9.42. The molecule has 0 spiro atoms. The van der Waals surface area contributed by atoms with E-state index in [2.05, 4.69) is 20.0 Å². The van der Waals surface area contributed by atoms with Crippen LogP contribution in [-0.2, 0) is 11.8 Å². The number of carbonyl (C=O) groups is 1. The molecule has 1 amide bonds. The highest BCUT2D eigenvalue weighted by Gasteiger charge is 2.31. The molecule has 10 heteroatoms. The van der Waals surface area contributed by atoms with Crippen molar-refractivity contribution in [3.8, 4) is 11.3 Å². The number of aromatic nitrogens is 4. The van der Waals surface area contributed by atoms with Crippen molar-refractivity contribution < 1.29 is 13.9 Å². The molecule has 8 nitrogen and oxygen atoms in total. The zero-order chi connectivity index (χ0) is 25.8. The van der Waals surface area contributed by atoms with Crippen LogP contribution in [0.25, 0.3) is 33.2 Å². The first-order chi connectivity index (χ1) is 17.0. The molecule has 0 radical (unpaired) electrons. The number of nitrogens with zero attached hydrogens (tertiary/aromatic N) is 6. The molecule has 36 heavy (non-hydrogen) atoms. The van der Waals surface area contributed by atoms with E-state index >= 15 is 0 Å². The number of carbonyl (C=O) groups excluding carboxylic acids is 1. The van der Waals surface area contributed by atoms with Crippen LogP contribution in [0, 0.1) is 5.82 Å². The Balaban J connectivity index is 1.40. The Morgan fingerprint density at radius 1 is 1.19 bits per heavy atom. The summed E-state index contributed by atoms with van der Waals surface area (Å²) in [5.74, 6) is -0.413. The van der Waals surface area contributed by atoms with Gasteiger partial charge in [0, 0.05) is 55.3 Å². The lowest BCUT2D eigenvalue weighted by molar-refractivity contribution is 0.0159. The van der Waals surface area contributed by atoms with E-state index in [4.69, 9.17) is 16.3 Å². The fourth-order valence-corrected chi connectivity index (χ4v) is 4.76. The molecule has 1 fully saturated rings. The van der Waals surface area contributed by atoms with Gasteiger partial charge in [-0.15, -0.1) is 0 Å². The highest BCUT2D eigenvalue weighted by Crippen LogP contribution is 2.32. The van der Waals surface area contributed by atoms with Gasteiger partial charge in [-0.05, 0) is 52.0 Å². The first kappa shape index (κ1) is 24.2. The largest absolute Gasteiger partial charge is 0.444 e. The average Bonchev–Trinajstić information content (AvgIpc) is 3.18. The Morgan fingerprint density at radius 2 is 1.97 bits per heavy atom. The molecule has 0 aliphatic carbocycles. The Kier molecular flexibility index (Phi) is 5.98. The van der Waals surface area contributed by atoms with Gasteiger partial charge in [-0.25, -0.2) is 19.2 Å². The quantitative estimate of drug-likeness (QED) is 0.358. The molecule has 188 valence electrons. The fourth-order valence-electron chi connectivity index (χ4n) is 4.52. The lowest BCUT2D eigenvalue weighted by Gasteiger charge is -2.41. The molecule has 1 aliphatic heterocycles. The molecule has 4 heterocycles. The first-order valence-corrected chi connectivity index (χ1v) is 12.2. The van der Waals surface area contributed by atoms with Crippen molar-refractivity contribution in [1.29, 1.82) is 0 Å². The minimum Gasteiger partial charge on any atom is -0.444 e. The number of rotatable bonds is 2. The van der Waals surface area contributed by atoms with Crippen LogP contribution in [0.15, 0.2) is 36.7 Å². The van der Waals surface area contributed by atoms with E-state index in [0.29, 0.717) is 57.9 Å². The number of aryl methyl sites for hydroxylation is 1. The number of piperazine rings is 1. The molecule has 1 unspecified atom stereocenters. The maximum absolute atomic E-state index is 14.6. The van der Waals surface area contributed by atoms with Gasteiger partial charge in [0.2, 0.25) is 0 Å². The molecule has 1 atom stereocenters. The summed E-state index contributed by atoms with van der Waals surface area (Å²) in [6, 6.07) is 6.92. The Morgan fingerprint density at radius 3 is 2.69 bits per heavy atom. The van der Waals surface area contributed by atoms with Crippen molar-refractivity contribution in [2.75, 3.05) is 24.5 Å². The van der Waals surface area contributed by atoms with E-state index in [0.717, 1.165) is 5.69 Å². The molecular weight excluding hydrogens is 483 g/mol. The normalized spacial score (nSPS) is 16.7. The highest BCUT2D eigenvalue weighted by atomic mass is 35.5. The van der Waals surface area contributed by atoms with E-state index in [9.17, 15) is 9.18 Å². The Bertz CT molecular complexity index is 1480. The van der Waals surface area contributed by atoms with Crippen molar-refractivity contribution in [1.82, 2.24) is 24.6 Å². The third-order valence-corrected chi connectivity index (χ3v) is 6.50. The summed E-state index contributed by atoms with van der Waals surface area (Å²) in [6.07, 6.45) is 3.22. The minimum atomic E-state index is -0.533. The van der Waals surface area contributed by atoms with E-state index in [1.54, 1.807) is 35.1 Å². The second-order valence-corrected chi connectivity index (χ2v) is 10.6. The average molecular weight is 511 g/mol. The van der Waals surface area contributed by atoms with Crippen molar-refractivity contribution in [2.45, 2.75) is 39.3 Å². The maximum Gasteiger partial charge on any atom is 0.410 e. The number of hydrogen-bond donors (Lipinski definition) is 0. The first-order valence-electron chi connectivity index (χ1n) is 11.8. The number of amides is 1. The molecule has 0 bridgehead atoms. The molecule has 1 aliphatic rings. The summed E-state index contributed by atoms with van der Waals surface area (Å²) >= 11 is 6.66. The predicted octanol–water partition coefficient (Wildman–Crippen LogP) is 5.42. The standard InChI is InChI=1S/C26H28ClFN6O2/c1-15-13-33(6-7-34(15)25(35)36-26(2,3)4)18-10-19-20(27)11-22(30-24(19)29-12-18)16-8-17-14-32(5)31-23(17)21(28)9-16/h8-12,14-15H,6-7,13H2,1-5H3. The van der Waals surface area contributed by atoms with Gasteiger partial charge in [0.15, 0.2) is 11.5 Å². The van der Waals surface area contributed by atoms with Crippen molar-refractivity contribution in [2.24, 2.45) is 7.05 Å². The van der Waals surface area contributed by atoms with E-state index < -0.39 is 11.4 Å². The number of anilines is 1. The highest BCUT2D eigenvalue weighted by molar-refractivity contribution is 6.35. The van der Waals surface area contributed by atoms with Crippen LogP contribution >= 0.6 is 11.6 Å². The summed E-state index contributed by atoms with van der Waals surface area (Å²) in [5, 5.41) is 6.04. The van der Waals surface area contributed by atoms with Crippen LogP contribution in [0.4, 0.5) is 14.9 Å². The molecule has 3 aromatic heterocycles. The molecular formula is C26H28ClFN6O2. The van der Waals surface area contributed by atoms with Crippen LogP contribution in [0.2, 0.25) is 5.02 Å². The molecule has 0 saturated carbocycles. The maximum atomic E-state index is 14.6. The lowest BCUT2D eigenvalue weighted by Crippen LogP contribution is -2.55. The van der Waals surface area contributed by atoms with Gasteiger partial charge < -0.3 is 14.5 Å². The van der Waals surface area contributed by atoms with Gasteiger partial charge in [-0.2, -0.15) is 5.10 Å². The second kappa shape index (κ2) is 8.89. The molecule has 0 N–H and O–H groups in total. The molecule has 1 aromatic carbocycles. The Labute approximate surface area is 213 Å². The molecule has 5 rings (SSSR count). The third kappa shape index (κ3) is 4.67. The minimum absolute atomic E-state index is 0.0300. The van der Waals surface area contributed by atoms with Gasteiger partial charge in [0.25, 0.3) is 0 Å². The van der Waals surface area contributed by atoms with Crippen molar-refractivity contribution in [3.05, 3.63) is 47.5 Å². The summed E-state index contributed by atoms with van der Waals surface area (Å²) in [7, 11) is 1.75. The van der Waals surface area contributed by atoms with Crippen LogP contribution in [0.5, 0.6) is 0 Å². The van der Waals surface area contributed by atoms with E-state index in [1.807, 2.05) is 39.8 Å². The van der Waals surface area contributed by atoms with Gasteiger partial charge in [0.1, 0.15) is 11.1 Å². The van der Waals surface area contributed by atoms with Gasteiger partial charge in [-0.3, -0.25) is 4.68 Å². The molecule has 1 saturated heterocycles. The number of ether oxygens (including phenoxy) is 1. The summed E-state index contributed by atoms with van der Waals surface area (Å²) < 4.78 is 21.7. The lowest BCUT2D eigenvalue weighted by atomic mass is 10.1. The van der Waals surface area contributed by atoms with Crippen LogP contribution in [0.3, 0.4) is 0 Å². The van der Waals surface area contributed by atoms with Gasteiger partial charge >= 0.3 is 6.09 Å². The van der Waals surface area contributed by atoms with E-state index in [1.165, 1.54) is 6.07 Å². The fraction of sp³-hybridized carbons (Fsp3) is 0.385. The van der Waals surface area contributed by atoms with Gasteiger partial charge in [0.05, 0.1) is 22.6 Å². The van der Waals surface area contributed by atoms with Crippen molar-refractivity contribution in [3.63, 3.8) is 0 Å². The summed E-state index contributed by atoms with van der Waals surface area (Å²) in [5.41, 5.74) is 2.31. The monoisotopic (exact) mass is 510 g/mol. The number of pyridine rings is 2. The smallest absolute Gasteiger partial charge is 0.410 e. The van der Waals surface area contributed by atoms with Crippen LogP contribution < -0.4 is 4.90 Å². The van der Waals surface area contributed by atoms with E-state index in [-0.39, 0.29) is 12.1 Å². The number of hydrogen-bond acceptors (Lipinski definition) is 6. The zero-order valence-electron chi connectivity index (χ0n) is 20.9. The number of halogens is 2. The predicted molar refractivity (Wildman–Crippen MR) is 139 cm³/mol. The number of benzene rings is 1. The van der Waals surface area contributed by atoms with Crippen molar-refractivity contribution >= 4 is 45.3 Å².